The molecule has 0 aromatic carbocycles. The van der Waals surface area contributed by atoms with E-state index < -0.39 is 0 Å². The number of likely N-dealkylation sites (tertiary alicyclic amines) is 1. The molecule has 1 heterocycles. The van der Waals surface area contributed by atoms with E-state index in [9.17, 15) is 0 Å². The Bertz CT molecular complexity index is 161. The van der Waals surface area contributed by atoms with Gasteiger partial charge in [-0.3, -0.25) is 4.90 Å². The SMILES string of the molecule is NC1CCN(C2CC=CC2)CC1. The minimum absolute atomic E-state index is 0.468. The predicted molar refractivity (Wildman–Crippen MR) is 50.9 cm³/mol. The highest BCUT2D eigenvalue weighted by Gasteiger charge is 2.23. The maximum atomic E-state index is 5.85. The fourth-order valence-electron chi connectivity index (χ4n) is 2.19. The van der Waals surface area contributed by atoms with Gasteiger partial charge in [-0.1, -0.05) is 12.2 Å². The summed E-state index contributed by atoms with van der Waals surface area (Å²) in [6, 6.07) is 1.27. The molecule has 1 aliphatic heterocycles. The van der Waals surface area contributed by atoms with Gasteiger partial charge in [0.05, 0.1) is 0 Å². The van der Waals surface area contributed by atoms with Crippen LogP contribution in [0.2, 0.25) is 0 Å². The third-order valence-electron chi connectivity index (χ3n) is 3.07. The van der Waals surface area contributed by atoms with Crippen LogP contribution in [0.3, 0.4) is 0 Å². The van der Waals surface area contributed by atoms with Crippen LogP contribution in [-0.4, -0.2) is 30.1 Å². The standard InChI is InChI=1S/C10H18N2/c11-9-5-7-12(8-6-9)10-3-1-2-4-10/h1-2,9-10H,3-8,11H2. The first-order valence-electron chi connectivity index (χ1n) is 5.01. The largest absolute Gasteiger partial charge is 0.328 e. The van der Waals surface area contributed by atoms with E-state index in [1.54, 1.807) is 0 Å². The van der Waals surface area contributed by atoms with Crippen LogP contribution in [0.25, 0.3) is 0 Å². The summed E-state index contributed by atoms with van der Waals surface area (Å²) in [4.78, 5) is 2.60. The molecule has 0 unspecified atom stereocenters. The third kappa shape index (κ3) is 1.70. The molecule has 68 valence electrons. The van der Waals surface area contributed by atoms with Crippen molar-refractivity contribution in [2.45, 2.75) is 37.8 Å². The Balaban J connectivity index is 1.81. The maximum absolute atomic E-state index is 5.85. The molecular formula is C10H18N2. The molecule has 2 rings (SSSR count). The molecular weight excluding hydrogens is 148 g/mol. The summed E-state index contributed by atoms with van der Waals surface area (Å²) in [6.07, 6.45) is 9.51. The fourth-order valence-corrected chi connectivity index (χ4v) is 2.19. The van der Waals surface area contributed by atoms with Crippen LogP contribution in [0.5, 0.6) is 0 Å². The van der Waals surface area contributed by atoms with Crippen molar-refractivity contribution in [3.05, 3.63) is 12.2 Å². The molecule has 0 aromatic heterocycles. The van der Waals surface area contributed by atoms with Gasteiger partial charge in [0.15, 0.2) is 0 Å². The molecule has 1 aliphatic carbocycles. The van der Waals surface area contributed by atoms with Crippen LogP contribution < -0.4 is 5.73 Å². The third-order valence-corrected chi connectivity index (χ3v) is 3.07. The first-order chi connectivity index (χ1) is 5.86. The summed E-state index contributed by atoms with van der Waals surface area (Å²) in [5, 5.41) is 0. The summed E-state index contributed by atoms with van der Waals surface area (Å²) < 4.78 is 0. The van der Waals surface area contributed by atoms with Gasteiger partial charge < -0.3 is 5.73 Å². The van der Waals surface area contributed by atoms with Crippen LogP contribution in [0.1, 0.15) is 25.7 Å². The highest BCUT2D eigenvalue weighted by molar-refractivity contribution is 4.99. The van der Waals surface area contributed by atoms with E-state index in [1.165, 1.54) is 38.8 Å². The monoisotopic (exact) mass is 166 g/mol. The Kier molecular flexibility index (Phi) is 2.47. The van der Waals surface area contributed by atoms with Crippen molar-refractivity contribution in [1.29, 1.82) is 0 Å². The predicted octanol–water partition coefficient (Wildman–Crippen LogP) is 1.13. The van der Waals surface area contributed by atoms with E-state index in [0.29, 0.717) is 6.04 Å². The van der Waals surface area contributed by atoms with Gasteiger partial charge in [-0.25, -0.2) is 0 Å². The highest BCUT2D eigenvalue weighted by Crippen LogP contribution is 2.20. The van der Waals surface area contributed by atoms with E-state index >= 15 is 0 Å². The summed E-state index contributed by atoms with van der Waals surface area (Å²) in [5.41, 5.74) is 5.85. The first-order valence-corrected chi connectivity index (χ1v) is 5.01. The zero-order valence-corrected chi connectivity index (χ0v) is 7.58. The molecule has 1 saturated heterocycles. The molecule has 2 N–H and O–H groups in total. The minimum Gasteiger partial charge on any atom is -0.328 e. The number of hydrogen-bond acceptors (Lipinski definition) is 2. The Morgan fingerprint density at radius 2 is 1.67 bits per heavy atom. The number of rotatable bonds is 1. The summed E-state index contributed by atoms with van der Waals surface area (Å²) in [7, 11) is 0. The average Bonchev–Trinajstić information content (AvgIpc) is 2.58. The van der Waals surface area contributed by atoms with Crippen molar-refractivity contribution in [3.63, 3.8) is 0 Å². The smallest absolute Gasteiger partial charge is 0.0164 e. The van der Waals surface area contributed by atoms with Crippen LogP contribution in [0.15, 0.2) is 12.2 Å². The number of nitrogens with zero attached hydrogens (tertiary/aromatic N) is 1. The molecule has 12 heavy (non-hydrogen) atoms. The molecule has 0 spiro atoms. The molecule has 0 bridgehead atoms. The molecule has 2 nitrogen and oxygen atoms in total. The molecule has 0 radical (unpaired) electrons. The van der Waals surface area contributed by atoms with E-state index in [-0.39, 0.29) is 0 Å². The molecule has 2 heteroatoms. The zero-order chi connectivity index (χ0) is 8.39. The summed E-state index contributed by atoms with van der Waals surface area (Å²) >= 11 is 0. The molecule has 0 atom stereocenters. The van der Waals surface area contributed by atoms with Crippen LogP contribution in [-0.2, 0) is 0 Å². The summed E-state index contributed by atoms with van der Waals surface area (Å²) in [5.74, 6) is 0. The second-order valence-electron chi connectivity index (χ2n) is 3.97. The highest BCUT2D eigenvalue weighted by atomic mass is 15.2. The van der Waals surface area contributed by atoms with E-state index in [0.717, 1.165) is 6.04 Å². The van der Waals surface area contributed by atoms with Crippen molar-refractivity contribution >= 4 is 0 Å². The number of piperidine rings is 1. The fraction of sp³-hybridized carbons (Fsp3) is 0.800. The van der Waals surface area contributed by atoms with Crippen LogP contribution in [0, 0.1) is 0 Å². The van der Waals surface area contributed by atoms with Gasteiger partial charge >= 0.3 is 0 Å². The van der Waals surface area contributed by atoms with Gasteiger partial charge in [-0.15, -0.1) is 0 Å². The van der Waals surface area contributed by atoms with E-state index in [2.05, 4.69) is 17.1 Å². The van der Waals surface area contributed by atoms with Crippen molar-refractivity contribution in [1.82, 2.24) is 4.90 Å². The second kappa shape index (κ2) is 3.58. The van der Waals surface area contributed by atoms with Gasteiger partial charge in [-0.05, 0) is 38.8 Å². The topological polar surface area (TPSA) is 29.3 Å². The number of hydrogen-bond donors (Lipinski definition) is 1. The molecule has 0 saturated carbocycles. The van der Waals surface area contributed by atoms with Gasteiger partial charge in [-0.2, -0.15) is 0 Å². The van der Waals surface area contributed by atoms with Crippen LogP contribution >= 0.6 is 0 Å². The lowest BCUT2D eigenvalue weighted by Gasteiger charge is -2.34. The Labute approximate surface area is 74.4 Å². The zero-order valence-electron chi connectivity index (χ0n) is 7.58. The number of nitrogens with two attached hydrogens (primary N) is 1. The van der Waals surface area contributed by atoms with Crippen molar-refractivity contribution in [2.75, 3.05) is 13.1 Å². The Morgan fingerprint density at radius 3 is 2.25 bits per heavy atom. The first kappa shape index (κ1) is 8.27. The van der Waals surface area contributed by atoms with E-state index in [4.69, 9.17) is 5.73 Å². The van der Waals surface area contributed by atoms with Crippen molar-refractivity contribution < 1.29 is 0 Å². The Morgan fingerprint density at radius 1 is 1.08 bits per heavy atom. The lowest BCUT2D eigenvalue weighted by Crippen LogP contribution is -2.44. The van der Waals surface area contributed by atoms with Crippen molar-refractivity contribution in [3.8, 4) is 0 Å². The maximum Gasteiger partial charge on any atom is 0.0164 e. The molecule has 0 amide bonds. The van der Waals surface area contributed by atoms with Crippen LogP contribution in [0.4, 0.5) is 0 Å². The average molecular weight is 166 g/mol. The second-order valence-corrected chi connectivity index (χ2v) is 3.97. The lowest BCUT2D eigenvalue weighted by atomic mass is 10.0. The van der Waals surface area contributed by atoms with Gasteiger partial charge in [0, 0.05) is 12.1 Å². The lowest BCUT2D eigenvalue weighted by molar-refractivity contribution is 0.158. The Hall–Kier alpha value is -0.340. The van der Waals surface area contributed by atoms with Gasteiger partial charge in [0.2, 0.25) is 0 Å². The van der Waals surface area contributed by atoms with E-state index in [1.807, 2.05) is 0 Å². The quantitative estimate of drug-likeness (QED) is 0.592. The van der Waals surface area contributed by atoms with Gasteiger partial charge in [0.1, 0.15) is 0 Å². The molecule has 2 aliphatic rings. The summed E-state index contributed by atoms with van der Waals surface area (Å²) in [6.45, 7) is 2.43. The van der Waals surface area contributed by atoms with Gasteiger partial charge in [0.25, 0.3) is 0 Å². The molecule has 0 aromatic rings. The normalized spacial score (nSPS) is 28.4. The van der Waals surface area contributed by atoms with Crippen molar-refractivity contribution in [2.24, 2.45) is 5.73 Å². The minimum atomic E-state index is 0.468. The molecule has 1 fully saturated rings.